The average molecular weight is 250 g/mol. The Morgan fingerprint density at radius 1 is 1.56 bits per heavy atom. The molecular formula is C14H19FN2O. The van der Waals surface area contributed by atoms with E-state index in [4.69, 9.17) is 0 Å². The van der Waals surface area contributed by atoms with Gasteiger partial charge >= 0.3 is 0 Å². The van der Waals surface area contributed by atoms with Gasteiger partial charge in [-0.2, -0.15) is 0 Å². The van der Waals surface area contributed by atoms with Crippen molar-refractivity contribution in [2.45, 2.75) is 26.2 Å². The fourth-order valence-corrected chi connectivity index (χ4v) is 2.38. The molecule has 2 heterocycles. The van der Waals surface area contributed by atoms with Crippen molar-refractivity contribution in [1.82, 2.24) is 9.88 Å². The van der Waals surface area contributed by atoms with E-state index < -0.39 is 5.82 Å². The van der Waals surface area contributed by atoms with Gasteiger partial charge in [0.25, 0.3) is 0 Å². The Labute approximate surface area is 107 Å². The maximum Gasteiger partial charge on any atom is 0.182 e. The molecule has 18 heavy (non-hydrogen) atoms. The summed E-state index contributed by atoms with van der Waals surface area (Å²) in [6.07, 6.45) is 4.01. The molecule has 1 aromatic heterocycles. The zero-order chi connectivity index (χ0) is 13.0. The van der Waals surface area contributed by atoms with Crippen LogP contribution >= 0.6 is 0 Å². The number of Topliss-reactive ketones (excluding diaryl/α,β-unsaturated/α-hetero) is 1. The van der Waals surface area contributed by atoms with Gasteiger partial charge in [-0.3, -0.25) is 9.78 Å². The van der Waals surface area contributed by atoms with Crippen LogP contribution in [0.2, 0.25) is 0 Å². The van der Waals surface area contributed by atoms with E-state index in [9.17, 15) is 9.18 Å². The lowest BCUT2D eigenvalue weighted by atomic mass is 10.1. The molecule has 0 N–H and O–H groups in total. The molecule has 0 radical (unpaired) electrons. The number of hydrogen-bond donors (Lipinski definition) is 0. The highest BCUT2D eigenvalue weighted by atomic mass is 19.1. The Kier molecular flexibility index (Phi) is 4.42. The first-order valence-corrected chi connectivity index (χ1v) is 6.56. The molecule has 4 heteroatoms. The minimum Gasteiger partial charge on any atom is -0.303 e. The highest BCUT2D eigenvalue weighted by molar-refractivity contribution is 5.94. The summed E-state index contributed by atoms with van der Waals surface area (Å²) in [5, 5.41) is 0. The van der Waals surface area contributed by atoms with E-state index in [1.165, 1.54) is 25.0 Å². The molecule has 0 aromatic carbocycles. The van der Waals surface area contributed by atoms with E-state index in [-0.39, 0.29) is 5.78 Å². The lowest BCUT2D eigenvalue weighted by Gasteiger charge is -2.14. The topological polar surface area (TPSA) is 33.2 Å². The zero-order valence-electron chi connectivity index (χ0n) is 10.7. The Hall–Kier alpha value is -1.29. The van der Waals surface area contributed by atoms with Gasteiger partial charge in [-0.05, 0) is 31.0 Å². The van der Waals surface area contributed by atoms with Crippen molar-refractivity contribution < 1.29 is 9.18 Å². The predicted molar refractivity (Wildman–Crippen MR) is 68.0 cm³/mol. The minimum atomic E-state index is -0.406. The quantitative estimate of drug-likeness (QED) is 0.753. The molecular weight excluding hydrogens is 231 g/mol. The molecule has 0 aliphatic carbocycles. The van der Waals surface area contributed by atoms with Crippen molar-refractivity contribution in [3.63, 3.8) is 0 Å². The fraction of sp³-hybridized carbons (Fsp3) is 0.571. The van der Waals surface area contributed by atoms with E-state index in [2.05, 4.69) is 16.8 Å². The van der Waals surface area contributed by atoms with Crippen molar-refractivity contribution in [2.24, 2.45) is 5.92 Å². The summed E-state index contributed by atoms with van der Waals surface area (Å²) >= 11 is 0. The molecule has 2 rings (SSSR count). The third-order valence-corrected chi connectivity index (χ3v) is 3.62. The Bertz CT molecular complexity index is 405. The van der Waals surface area contributed by atoms with Gasteiger partial charge < -0.3 is 4.90 Å². The molecule has 1 fully saturated rings. The van der Waals surface area contributed by atoms with Gasteiger partial charge in [-0.1, -0.05) is 13.3 Å². The van der Waals surface area contributed by atoms with Crippen molar-refractivity contribution in [1.29, 1.82) is 0 Å². The number of aromatic nitrogens is 1. The zero-order valence-corrected chi connectivity index (χ0v) is 10.7. The second-order valence-electron chi connectivity index (χ2n) is 4.90. The van der Waals surface area contributed by atoms with Crippen molar-refractivity contribution >= 4 is 5.78 Å². The fourth-order valence-electron chi connectivity index (χ4n) is 2.38. The molecule has 98 valence electrons. The molecule has 0 bridgehead atoms. The van der Waals surface area contributed by atoms with Crippen molar-refractivity contribution in [3.05, 3.63) is 29.8 Å². The number of likely N-dealkylation sites (tertiary alicyclic amines) is 1. The van der Waals surface area contributed by atoms with E-state index in [0.717, 1.165) is 31.7 Å². The van der Waals surface area contributed by atoms with E-state index >= 15 is 0 Å². The van der Waals surface area contributed by atoms with E-state index in [1.807, 2.05) is 0 Å². The Morgan fingerprint density at radius 3 is 3.00 bits per heavy atom. The van der Waals surface area contributed by atoms with Crippen LogP contribution in [0, 0.1) is 11.7 Å². The molecule has 1 atom stereocenters. The third-order valence-electron chi connectivity index (χ3n) is 3.62. The molecule has 0 amide bonds. The van der Waals surface area contributed by atoms with Crippen molar-refractivity contribution in [2.75, 3.05) is 19.6 Å². The highest BCUT2D eigenvalue weighted by Gasteiger charge is 2.21. The minimum absolute atomic E-state index is 0.00468. The molecule has 1 saturated heterocycles. The molecule has 0 saturated carbocycles. The SMILES string of the molecule is CCC1CCN(CCC(=O)c2ccc(F)cn2)C1. The molecule has 1 unspecified atom stereocenters. The van der Waals surface area contributed by atoms with Gasteiger partial charge in [0, 0.05) is 19.5 Å². The van der Waals surface area contributed by atoms with Gasteiger partial charge in [0.1, 0.15) is 11.5 Å². The normalized spacial score (nSPS) is 20.2. The summed E-state index contributed by atoms with van der Waals surface area (Å²) in [7, 11) is 0. The first-order valence-electron chi connectivity index (χ1n) is 6.56. The third kappa shape index (κ3) is 3.35. The molecule has 1 aromatic rings. The van der Waals surface area contributed by atoms with Gasteiger partial charge in [-0.15, -0.1) is 0 Å². The number of hydrogen-bond acceptors (Lipinski definition) is 3. The predicted octanol–water partition coefficient (Wildman–Crippen LogP) is 2.53. The number of pyridine rings is 1. The second kappa shape index (κ2) is 6.05. The van der Waals surface area contributed by atoms with Gasteiger partial charge in [0.05, 0.1) is 6.20 Å². The summed E-state index contributed by atoms with van der Waals surface area (Å²) in [5.74, 6) is 0.371. The van der Waals surface area contributed by atoms with Crippen LogP contribution in [-0.2, 0) is 0 Å². The molecule has 0 spiro atoms. The summed E-state index contributed by atoms with van der Waals surface area (Å²) in [6.45, 7) is 5.18. The van der Waals surface area contributed by atoms with Crippen LogP contribution in [0.3, 0.4) is 0 Å². The van der Waals surface area contributed by atoms with Crippen LogP contribution in [0.15, 0.2) is 18.3 Å². The number of rotatable bonds is 5. The van der Waals surface area contributed by atoms with Crippen LogP contribution in [0.5, 0.6) is 0 Å². The van der Waals surface area contributed by atoms with Crippen LogP contribution in [0.4, 0.5) is 4.39 Å². The monoisotopic (exact) mass is 250 g/mol. The van der Waals surface area contributed by atoms with Crippen molar-refractivity contribution in [3.8, 4) is 0 Å². The lowest BCUT2D eigenvalue weighted by Crippen LogP contribution is -2.24. The smallest absolute Gasteiger partial charge is 0.182 e. The summed E-state index contributed by atoms with van der Waals surface area (Å²) in [5.41, 5.74) is 0.364. The molecule has 1 aliphatic rings. The van der Waals surface area contributed by atoms with Crippen LogP contribution in [-0.4, -0.2) is 35.3 Å². The summed E-state index contributed by atoms with van der Waals surface area (Å²) in [6, 6.07) is 2.74. The number of carbonyl (C=O) groups excluding carboxylic acids is 1. The lowest BCUT2D eigenvalue weighted by molar-refractivity contribution is 0.0963. The number of nitrogens with zero attached hydrogens (tertiary/aromatic N) is 2. The summed E-state index contributed by atoms with van der Waals surface area (Å²) < 4.78 is 12.7. The maximum atomic E-state index is 12.7. The Balaban J connectivity index is 1.80. The van der Waals surface area contributed by atoms with E-state index in [0.29, 0.717) is 12.1 Å². The molecule has 1 aliphatic heterocycles. The van der Waals surface area contributed by atoms with Crippen LogP contribution in [0.1, 0.15) is 36.7 Å². The Morgan fingerprint density at radius 2 is 2.39 bits per heavy atom. The molecule has 3 nitrogen and oxygen atoms in total. The van der Waals surface area contributed by atoms with E-state index in [1.54, 1.807) is 0 Å². The second-order valence-corrected chi connectivity index (χ2v) is 4.90. The van der Waals surface area contributed by atoms with Gasteiger partial charge in [0.15, 0.2) is 5.78 Å². The summed E-state index contributed by atoms with van der Waals surface area (Å²) in [4.78, 5) is 18.0. The van der Waals surface area contributed by atoms with Gasteiger partial charge in [0.2, 0.25) is 0 Å². The average Bonchev–Trinajstić information content (AvgIpc) is 2.85. The highest BCUT2D eigenvalue weighted by Crippen LogP contribution is 2.19. The first kappa shape index (κ1) is 13.1. The maximum absolute atomic E-state index is 12.7. The number of carbonyl (C=O) groups is 1. The first-order chi connectivity index (χ1) is 8.69. The van der Waals surface area contributed by atoms with Crippen LogP contribution in [0.25, 0.3) is 0 Å². The van der Waals surface area contributed by atoms with Crippen LogP contribution < -0.4 is 0 Å². The number of halogens is 1. The number of ketones is 1. The largest absolute Gasteiger partial charge is 0.303 e. The van der Waals surface area contributed by atoms with Gasteiger partial charge in [-0.25, -0.2) is 4.39 Å². The standard InChI is InChI=1S/C14H19FN2O/c1-2-11-5-7-17(10-11)8-6-14(18)13-4-3-12(15)9-16-13/h3-4,9,11H,2,5-8,10H2,1H3.